The number of benzene rings is 1. The van der Waals surface area contributed by atoms with Gasteiger partial charge in [0.15, 0.2) is 0 Å². The molecule has 132 valence electrons. The van der Waals surface area contributed by atoms with Crippen LogP contribution in [0.1, 0.15) is 11.3 Å². The van der Waals surface area contributed by atoms with Crippen molar-refractivity contribution < 1.29 is 13.6 Å². The molecule has 3 aromatic rings. The molecule has 2 aromatic heterocycles. The van der Waals surface area contributed by atoms with Gasteiger partial charge in [-0.15, -0.1) is 10.2 Å². The Balaban J connectivity index is 1.57. The van der Waals surface area contributed by atoms with Crippen molar-refractivity contribution in [3.05, 3.63) is 41.9 Å². The maximum atomic E-state index is 12.1. The maximum Gasteiger partial charge on any atom is 0.277 e. The number of amides is 1. The smallest absolute Gasteiger partial charge is 0.277 e. The van der Waals surface area contributed by atoms with E-state index in [9.17, 15) is 4.79 Å². The highest BCUT2D eigenvalue weighted by atomic mass is 32.2. The number of carbonyl (C=O) groups excluding carboxylic acids is 1. The van der Waals surface area contributed by atoms with Crippen LogP contribution in [0.5, 0.6) is 0 Å². The molecule has 3 rings (SSSR count). The Hall–Kier alpha value is -2.70. The first-order valence-corrected chi connectivity index (χ1v) is 9.34. The molecule has 26 heavy (non-hydrogen) atoms. The van der Waals surface area contributed by atoms with Gasteiger partial charge in [-0.05, 0) is 55.4 Å². The summed E-state index contributed by atoms with van der Waals surface area (Å²) in [4.78, 5) is 13.0. The lowest BCUT2D eigenvalue weighted by Gasteiger charge is -2.08. The molecular weight excluding hydrogens is 372 g/mol. The van der Waals surface area contributed by atoms with Gasteiger partial charge in [-0.25, -0.2) is 0 Å². The predicted octanol–water partition coefficient (Wildman–Crippen LogP) is 4.25. The predicted molar refractivity (Wildman–Crippen MR) is 98.7 cm³/mol. The van der Waals surface area contributed by atoms with Gasteiger partial charge in [0.05, 0.1) is 17.6 Å². The van der Waals surface area contributed by atoms with Crippen LogP contribution < -0.4 is 5.32 Å². The van der Waals surface area contributed by atoms with E-state index in [-0.39, 0.29) is 11.7 Å². The van der Waals surface area contributed by atoms with E-state index in [4.69, 9.17) is 14.1 Å². The second-order valence-corrected chi connectivity index (χ2v) is 7.06. The van der Waals surface area contributed by atoms with Gasteiger partial charge in [0.2, 0.25) is 5.91 Å². The number of hydrogen-bond donors (Lipinski definition) is 1. The van der Waals surface area contributed by atoms with Crippen molar-refractivity contribution in [3.8, 4) is 16.9 Å². The van der Waals surface area contributed by atoms with Crippen LogP contribution in [0.25, 0.3) is 11.5 Å². The van der Waals surface area contributed by atoms with Gasteiger partial charge in [-0.3, -0.25) is 4.79 Å². The molecule has 0 aliphatic heterocycles. The van der Waals surface area contributed by atoms with Crippen LogP contribution in [0.15, 0.2) is 49.5 Å². The number of aromatic nitrogens is 2. The van der Waals surface area contributed by atoms with Gasteiger partial charge in [0.25, 0.3) is 11.1 Å². The average Bonchev–Trinajstić information content (AvgIpc) is 3.24. The molecule has 0 unspecified atom stereocenters. The Morgan fingerprint density at radius 3 is 2.85 bits per heavy atom. The van der Waals surface area contributed by atoms with Crippen molar-refractivity contribution in [3.63, 3.8) is 0 Å². The Morgan fingerprint density at radius 2 is 2.15 bits per heavy atom. The third-order valence-electron chi connectivity index (χ3n) is 3.46. The van der Waals surface area contributed by atoms with Crippen molar-refractivity contribution in [2.45, 2.75) is 24.0 Å². The minimum Gasteiger partial charge on any atom is -0.469 e. The first-order valence-electron chi connectivity index (χ1n) is 7.54. The second kappa shape index (κ2) is 8.12. The van der Waals surface area contributed by atoms with E-state index in [0.29, 0.717) is 22.6 Å². The summed E-state index contributed by atoms with van der Waals surface area (Å²) >= 11 is 2.24. The fraction of sp³-hybridized carbons (Fsp3) is 0.176. The molecule has 0 bridgehead atoms. The first kappa shape index (κ1) is 18.1. The minimum absolute atomic E-state index is 0.139. The van der Waals surface area contributed by atoms with Crippen molar-refractivity contribution in [1.29, 1.82) is 5.26 Å². The molecule has 1 aromatic carbocycles. The first-order chi connectivity index (χ1) is 12.6. The second-order valence-electron chi connectivity index (χ2n) is 5.27. The van der Waals surface area contributed by atoms with Crippen LogP contribution in [0, 0.1) is 24.5 Å². The minimum atomic E-state index is -0.182. The third-order valence-corrected chi connectivity index (χ3v) is 4.86. The molecule has 0 aliphatic carbocycles. The molecule has 0 spiro atoms. The lowest BCUT2D eigenvalue weighted by Crippen LogP contribution is -2.14. The monoisotopic (exact) mass is 386 g/mol. The van der Waals surface area contributed by atoms with Crippen LogP contribution >= 0.6 is 23.5 Å². The van der Waals surface area contributed by atoms with Crippen LogP contribution in [0.4, 0.5) is 5.69 Å². The number of aryl methyl sites for hydroxylation is 2. The van der Waals surface area contributed by atoms with E-state index >= 15 is 0 Å². The molecule has 9 heteroatoms. The fourth-order valence-electron chi connectivity index (χ4n) is 2.19. The number of furan rings is 1. The summed E-state index contributed by atoms with van der Waals surface area (Å²) in [6.45, 7) is 3.68. The van der Waals surface area contributed by atoms with E-state index in [2.05, 4.69) is 15.5 Å². The summed E-state index contributed by atoms with van der Waals surface area (Å²) in [5.41, 5.74) is 2.33. The number of hydrogen-bond acceptors (Lipinski definition) is 8. The molecule has 0 aliphatic rings. The lowest BCUT2D eigenvalue weighted by molar-refractivity contribution is -0.113. The topological polar surface area (TPSA) is 105 Å². The normalized spacial score (nSPS) is 10.5. The number of thioether (sulfide) groups is 2. The Morgan fingerprint density at radius 1 is 1.31 bits per heavy atom. The number of nitrogens with one attached hydrogen (secondary N) is 1. The van der Waals surface area contributed by atoms with Gasteiger partial charge in [0, 0.05) is 10.6 Å². The zero-order chi connectivity index (χ0) is 18.5. The van der Waals surface area contributed by atoms with E-state index < -0.39 is 0 Å². The molecule has 1 N–H and O–H groups in total. The zero-order valence-electron chi connectivity index (χ0n) is 14.0. The number of rotatable bonds is 6. The van der Waals surface area contributed by atoms with Crippen molar-refractivity contribution in [2.75, 3.05) is 11.1 Å². The van der Waals surface area contributed by atoms with Crippen molar-refractivity contribution >= 4 is 35.1 Å². The zero-order valence-corrected chi connectivity index (χ0v) is 15.6. The van der Waals surface area contributed by atoms with Crippen LogP contribution in [-0.4, -0.2) is 21.9 Å². The van der Waals surface area contributed by atoms with Crippen LogP contribution in [-0.2, 0) is 4.79 Å². The van der Waals surface area contributed by atoms with E-state index in [0.717, 1.165) is 39.5 Å². The average molecular weight is 386 g/mol. The number of nitriles is 1. The summed E-state index contributed by atoms with van der Waals surface area (Å²) in [6, 6.07) is 7.18. The summed E-state index contributed by atoms with van der Waals surface area (Å²) in [5, 5.41) is 21.8. The quantitative estimate of drug-likeness (QED) is 0.495. The van der Waals surface area contributed by atoms with Gasteiger partial charge >= 0.3 is 0 Å². The summed E-state index contributed by atoms with van der Waals surface area (Å²) in [7, 11) is 0. The highest BCUT2D eigenvalue weighted by Gasteiger charge is 2.14. The number of thiocyanates is 1. The van der Waals surface area contributed by atoms with Crippen LogP contribution in [0.2, 0.25) is 0 Å². The SMILES string of the molecule is Cc1cc(SC#N)ccc1NC(=O)CSc1nnc(-c2ccoc2C)o1. The fourth-order valence-corrected chi connectivity index (χ4v) is 3.23. The highest BCUT2D eigenvalue weighted by Crippen LogP contribution is 2.27. The van der Waals surface area contributed by atoms with Gasteiger partial charge in [-0.1, -0.05) is 11.8 Å². The van der Waals surface area contributed by atoms with Crippen LogP contribution in [0.3, 0.4) is 0 Å². The van der Waals surface area contributed by atoms with E-state index in [1.165, 1.54) is 0 Å². The number of nitrogens with zero attached hydrogens (tertiary/aromatic N) is 3. The van der Waals surface area contributed by atoms with Gasteiger partial charge in [0.1, 0.15) is 11.2 Å². The van der Waals surface area contributed by atoms with E-state index in [1.807, 2.05) is 25.3 Å². The summed E-state index contributed by atoms with van der Waals surface area (Å²) < 4.78 is 10.8. The number of anilines is 1. The van der Waals surface area contributed by atoms with Crippen molar-refractivity contribution in [1.82, 2.24) is 10.2 Å². The number of carbonyl (C=O) groups is 1. The van der Waals surface area contributed by atoms with Gasteiger partial charge in [-0.2, -0.15) is 5.26 Å². The standard InChI is InChI=1S/C17H14N4O3S2/c1-10-7-12(26-9-18)3-4-14(10)19-15(22)8-25-17-21-20-16(24-17)13-5-6-23-11(13)2/h3-7H,8H2,1-2H3,(H,19,22). The Kier molecular flexibility index (Phi) is 5.65. The maximum absolute atomic E-state index is 12.1. The Bertz CT molecular complexity index is 975. The summed E-state index contributed by atoms with van der Waals surface area (Å²) in [6.07, 6.45) is 1.55. The largest absolute Gasteiger partial charge is 0.469 e. The van der Waals surface area contributed by atoms with E-state index in [1.54, 1.807) is 24.5 Å². The molecular formula is C17H14N4O3S2. The molecule has 1 amide bonds. The summed E-state index contributed by atoms with van der Waals surface area (Å²) in [5.74, 6) is 1.01. The molecule has 0 radical (unpaired) electrons. The molecule has 0 atom stereocenters. The molecule has 0 fully saturated rings. The molecule has 0 saturated carbocycles. The Labute approximate surface area is 158 Å². The lowest BCUT2D eigenvalue weighted by atomic mass is 10.2. The third kappa shape index (κ3) is 4.28. The molecule has 2 heterocycles. The molecule has 7 nitrogen and oxygen atoms in total. The molecule has 0 saturated heterocycles. The highest BCUT2D eigenvalue weighted by molar-refractivity contribution is 8.03. The van der Waals surface area contributed by atoms with Crippen molar-refractivity contribution in [2.24, 2.45) is 0 Å². The van der Waals surface area contributed by atoms with Gasteiger partial charge < -0.3 is 14.2 Å².